The quantitative estimate of drug-likeness (QED) is 0.368. The highest BCUT2D eigenvalue weighted by Crippen LogP contribution is 2.25. The molecule has 7 nitrogen and oxygen atoms in total. The number of rotatable bonds is 5. The summed E-state index contributed by atoms with van der Waals surface area (Å²) in [5.74, 6) is 0.301. The molecule has 0 spiro atoms. The molecular formula is C9H12N2O5. The molecule has 16 heavy (non-hydrogen) atoms. The Morgan fingerprint density at radius 1 is 1.56 bits per heavy atom. The molecule has 1 rings (SSSR count). The predicted octanol–water partition coefficient (Wildman–Crippen LogP) is -0.0910. The zero-order valence-electron chi connectivity index (χ0n) is 8.37. The summed E-state index contributed by atoms with van der Waals surface area (Å²) in [6, 6.07) is 3.89. The van der Waals surface area contributed by atoms with Crippen LogP contribution in [-0.4, -0.2) is 34.5 Å². The topological polar surface area (TPSA) is 119 Å². The van der Waals surface area contributed by atoms with Crippen LogP contribution in [0, 0.1) is 10.1 Å². The number of ether oxygens (including phenoxy) is 1. The predicted molar refractivity (Wildman–Crippen MR) is 56.1 cm³/mol. The molecule has 0 aliphatic heterocycles. The van der Waals surface area contributed by atoms with Crippen LogP contribution < -0.4 is 10.5 Å². The summed E-state index contributed by atoms with van der Waals surface area (Å²) >= 11 is 0. The van der Waals surface area contributed by atoms with Crippen molar-refractivity contribution in [2.45, 2.75) is 6.10 Å². The Kier molecular flexibility index (Phi) is 4.03. The molecule has 0 saturated carbocycles. The first-order valence-corrected chi connectivity index (χ1v) is 4.50. The van der Waals surface area contributed by atoms with E-state index in [9.17, 15) is 10.1 Å². The van der Waals surface area contributed by atoms with Crippen LogP contribution in [-0.2, 0) is 0 Å². The maximum Gasteiger partial charge on any atom is 0.292 e. The number of benzene rings is 1. The van der Waals surface area contributed by atoms with Crippen LogP contribution in [0.25, 0.3) is 0 Å². The van der Waals surface area contributed by atoms with Crippen LogP contribution in [0.3, 0.4) is 0 Å². The molecule has 0 aliphatic carbocycles. The van der Waals surface area contributed by atoms with E-state index in [1.807, 2.05) is 0 Å². The minimum Gasteiger partial charge on any atom is -0.491 e. The molecule has 0 fully saturated rings. The highest BCUT2D eigenvalue weighted by atomic mass is 16.6. The second kappa shape index (κ2) is 5.29. The van der Waals surface area contributed by atoms with Crippen LogP contribution in [0.1, 0.15) is 0 Å². The molecule has 1 unspecified atom stereocenters. The van der Waals surface area contributed by atoms with Crippen molar-refractivity contribution < 1.29 is 19.9 Å². The van der Waals surface area contributed by atoms with Gasteiger partial charge in [-0.05, 0) is 6.07 Å². The fourth-order valence-corrected chi connectivity index (χ4v) is 1.03. The van der Waals surface area contributed by atoms with E-state index < -0.39 is 17.6 Å². The third-order valence-electron chi connectivity index (χ3n) is 1.85. The van der Waals surface area contributed by atoms with Gasteiger partial charge in [-0.2, -0.15) is 0 Å². The number of nitro benzene ring substituents is 1. The fourth-order valence-electron chi connectivity index (χ4n) is 1.03. The monoisotopic (exact) mass is 228 g/mol. The van der Waals surface area contributed by atoms with Crippen molar-refractivity contribution in [3.8, 4) is 5.75 Å². The molecule has 4 N–H and O–H groups in total. The van der Waals surface area contributed by atoms with Gasteiger partial charge in [0.05, 0.1) is 11.5 Å². The van der Waals surface area contributed by atoms with Crippen molar-refractivity contribution in [2.24, 2.45) is 0 Å². The molecule has 88 valence electrons. The highest BCUT2D eigenvalue weighted by molar-refractivity contribution is 5.60. The van der Waals surface area contributed by atoms with Gasteiger partial charge in [0.15, 0.2) is 0 Å². The Hall–Kier alpha value is -1.86. The number of anilines is 1. The number of nitrogens with two attached hydrogens (primary N) is 1. The number of nitrogens with zero attached hydrogens (tertiary/aromatic N) is 1. The lowest BCUT2D eigenvalue weighted by atomic mass is 10.2. The Morgan fingerprint density at radius 2 is 2.25 bits per heavy atom. The first-order valence-electron chi connectivity index (χ1n) is 4.50. The molecule has 1 aromatic rings. The molecular weight excluding hydrogens is 216 g/mol. The molecule has 0 aromatic heterocycles. The Balaban J connectivity index is 2.70. The van der Waals surface area contributed by atoms with Gasteiger partial charge in [-0.3, -0.25) is 10.1 Å². The largest absolute Gasteiger partial charge is 0.491 e. The minimum absolute atomic E-state index is 0.0130. The van der Waals surface area contributed by atoms with E-state index >= 15 is 0 Å². The molecule has 0 amide bonds. The van der Waals surface area contributed by atoms with Crippen molar-refractivity contribution >= 4 is 11.4 Å². The molecule has 0 radical (unpaired) electrons. The van der Waals surface area contributed by atoms with Gasteiger partial charge in [-0.25, -0.2) is 0 Å². The van der Waals surface area contributed by atoms with E-state index in [-0.39, 0.29) is 18.0 Å². The lowest BCUT2D eigenvalue weighted by Crippen LogP contribution is -2.21. The van der Waals surface area contributed by atoms with E-state index in [1.165, 1.54) is 18.2 Å². The molecule has 0 heterocycles. The average Bonchev–Trinajstić information content (AvgIpc) is 2.25. The van der Waals surface area contributed by atoms with Crippen LogP contribution in [0.4, 0.5) is 11.4 Å². The molecule has 0 saturated heterocycles. The lowest BCUT2D eigenvalue weighted by Gasteiger charge is -2.09. The second-order valence-corrected chi connectivity index (χ2v) is 3.13. The van der Waals surface area contributed by atoms with Crippen LogP contribution in [0.5, 0.6) is 5.75 Å². The van der Waals surface area contributed by atoms with Crippen LogP contribution in [0.2, 0.25) is 0 Å². The third-order valence-corrected chi connectivity index (χ3v) is 1.85. The average molecular weight is 228 g/mol. The van der Waals surface area contributed by atoms with E-state index in [1.54, 1.807) is 0 Å². The summed E-state index contributed by atoms with van der Waals surface area (Å²) in [6.45, 7) is -0.518. The summed E-state index contributed by atoms with van der Waals surface area (Å²) in [6.07, 6.45) is -0.989. The van der Waals surface area contributed by atoms with E-state index in [2.05, 4.69) is 0 Å². The first kappa shape index (κ1) is 12.2. The second-order valence-electron chi connectivity index (χ2n) is 3.13. The smallest absolute Gasteiger partial charge is 0.292 e. The maximum atomic E-state index is 10.5. The van der Waals surface area contributed by atoms with Gasteiger partial charge in [0, 0.05) is 12.1 Å². The van der Waals surface area contributed by atoms with Crippen molar-refractivity contribution in [1.82, 2.24) is 0 Å². The summed E-state index contributed by atoms with van der Waals surface area (Å²) in [7, 11) is 0. The number of hydrogen-bond donors (Lipinski definition) is 3. The van der Waals surface area contributed by atoms with Gasteiger partial charge in [0.1, 0.15) is 24.1 Å². The fraction of sp³-hybridized carbons (Fsp3) is 0.333. The summed E-state index contributed by atoms with van der Waals surface area (Å²) in [4.78, 5) is 9.86. The lowest BCUT2D eigenvalue weighted by molar-refractivity contribution is -0.383. The molecule has 1 aromatic carbocycles. The van der Waals surface area contributed by atoms with Crippen molar-refractivity contribution in [1.29, 1.82) is 0 Å². The zero-order chi connectivity index (χ0) is 12.1. The molecule has 7 heteroatoms. The van der Waals surface area contributed by atoms with Gasteiger partial charge in [0.2, 0.25) is 0 Å². The van der Waals surface area contributed by atoms with Crippen LogP contribution >= 0.6 is 0 Å². The number of aliphatic hydroxyl groups is 2. The summed E-state index contributed by atoms with van der Waals surface area (Å²) in [5.41, 5.74) is 5.22. The van der Waals surface area contributed by atoms with Gasteiger partial charge in [0.25, 0.3) is 5.69 Å². The number of nitro groups is 1. The normalized spacial score (nSPS) is 12.1. The standard InChI is InChI=1S/C9H12N2O5/c10-8-3-7(16-5-6(13)4-12)1-2-9(8)11(14)15/h1-3,6,12-13H,4-5,10H2. The molecule has 1 atom stereocenters. The number of hydrogen-bond acceptors (Lipinski definition) is 6. The first-order chi connectivity index (χ1) is 7.54. The Labute approximate surface area is 91.2 Å². The number of nitrogen functional groups attached to an aromatic ring is 1. The highest BCUT2D eigenvalue weighted by Gasteiger charge is 2.12. The Bertz CT molecular complexity index is 382. The van der Waals surface area contributed by atoms with Gasteiger partial charge in [-0.15, -0.1) is 0 Å². The molecule has 0 bridgehead atoms. The van der Waals surface area contributed by atoms with Crippen molar-refractivity contribution in [2.75, 3.05) is 18.9 Å². The third kappa shape index (κ3) is 3.07. The Morgan fingerprint density at radius 3 is 2.75 bits per heavy atom. The summed E-state index contributed by atoms with van der Waals surface area (Å²) < 4.78 is 5.06. The van der Waals surface area contributed by atoms with Gasteiger partial charge >= 0.3 is 0 Å². The van der Waals surface area contributed by atoms with Crippen LogP contribution in [0.15, 0.2) is 18.2 Å². The SMILES string of the molecule is Nc1cc(OCC(O)CO)ccc1[N+](=O)[O-]. The minimum atomic E-state index is -0.989. The van der Waals surface area contributed by atoms with Gasteiger partial charge < -0.3 is 20.7 Å². The maximum absolute atomic E-state index is 10.5. The number of aliphatic hydroxyl groups excluding tert-OH is 2. The van der Waals surface area contributed by atoms with E-state index in [0.29, 0.717) is 5.75 Å². The summed E-state index contributed by atoms with van der Waals surface area (Å²) in [5, 5.41) is 28.0. The zero-order valence-corrected chi connectivity index (χ0v) is 8.37. The van der Waals surface area contributed by atoms with E-state index in [4.69, 9.17) is 20.7 Å². The van der Waals surface area contributed by atoms with Gasteiger partial charge in [-0.1, -0.05) is 0 Å². The van der Waals surface area contributed by atoms with E-state index in [0.717, 1.165) is 0 Å². The van der Waals surface area contributed by atoms with Crippen molar-refractivity contribution in [3.63, 3.8) is 0 Å². The van der Waals surface area contributed by atoms with Crippen molar-refractivity contribution in [3.05, 3.63) is 28.3 Å². The molecule has 0 aliphatic rings.